The summed E-state index contributed by atoms with van der Waals surface area (Å²) in [6, 6.07) is 27.1. The zero-order valence-corrected chi connectivity index (χ0v) is 45.4. The van der Waals surface area contributed by atoms with E-state index >= 15 is 0 Å². The van der Waals surface area contributed by atoms with Crippen LogP contribution in [0.3, 0.4) is 0 Å². The standard InChI is InChI=1S/C65H91NO4S/c1-4-7-10-13-16-19-22-25-28-31-50-68-62-53-59(65(67)66-60-46-42-57(43-47-60)40-38-55-34-36-56(37-35-55)39-41-58-44-48-61(71)49-45-58)54-63(69-51-32-29-26-23-20-17-14-11-8-5-2)64(62)70-52-33-30-27-24-21-18-15-12-9-6-3/h34-37,42-49,53-54,71H,4-33,50-52H2,1-3H3,(H,66,67). The van der Waals surface area contributed by atoms with Gasteiger partial charge in [0.25, 0.3) is 5.91 Å². The Labute approximate surface area is 438 Å². The van der Waals surface area contributed by atoms with Crippen LogP contribution in [0.1, 0.15) is 246 Å². The van der Waals surface area contributed by atoms with E-state index in [0.717, 1.165) is 65.7 Å². The highest BCUT2D eigenvalue weighted by molar-refractivity contribution is 7.80. The van der Waals surface area contributed by atoms with Gasteiger partial charge in [0.15, 0.2) is 11.5 Å². The number of anilines is 1. The number of hydrogen-bond acceptors (Lipinski definition) is 5. The minimum atomic E-state index is -0.223. The van der Waals surface area contributed by atoms with Crippen molar-refractivity contribution >= 4 is 24.2 Å². The summed E-state index contributed by atoms with van der Waals surface area (Å²) in [6.07, 6.45) is 37.8. The highest BCUT2D eigenvalue weighted by Gasteiger charge is 2.20. The molecule has 0 atom stereocenters. The molecular formula is C65H91NO4S. The molecule has 0 bridgehead atoms. The van der Waals surface area contributed by atoms with Gasteiger partial charge in [0, 0.05) is 38.4 Å². The molecule has 1 N–H and O–H groups in total. The molecule has 0 aliphatic rings. The summed E-state index contributed by atoms with van der Waals surface area (Å²) in [6.45, 7) is 8.56. The summed E-state index contributed by atoms with van der Waals surface area (Å²) >= 11 is 4.35. The Bertz CT molecular complexity index is 2080. The Morgan fingerprint density at radius 3 is 1.01 bits per heavy atom. The van der Waals surface area contributed by atoms with Gasteiger partial charge in [0.05, 0.1) is 19.8 Å². The number of rotatable bonds is 38. The van der Waals surface area contributed by atoms with E-state index in [-0.39, 0.29) is 5.91 Å². The van der Waals surface area contributed by atoms with E-state index in [2.05, 4.69) is 62.4 Å². The molecule has 4 rings (SSSR count). The molecule has 0 saturated heterocycles. The Balaban J connectivity index is 1.41. The Morgan fingerprint density at radius 2 is 0.676 bits per heavy atom. The molecule has 0 aliphatic carbocycles. The minimum absolute atomic E-state index is 0.223. The second-order valence-corrected chi connectivity index (χ2v) is 20.1. The fraction of sp³-hybridized carbons (Fsp3) is 0.554. The SMILES string of the molecule is CCCCCCCCCCCCOc1cc(C(=O)Nc2ccc(C#Cc3ccc(C#Cc4ccc(S)cc4)cc3)cc2)cc(OCCCCCCCCCCCC)c1OCCCCCCCCCCCC. The van der Waals surface area contributed by atoms with Crippen LogP contribution < -0.4 is 19.5 Å². The number of carbonyl (C=O) groups is 1. The lowest BCUT2D eigenvalue weighted by atomic mass is 10.1. The monoisotopic (exact) mass is 982 g/mol. The molecule has 0 fully saturated rings. The molecule has 0 radical (unpaired) electrons. The van der Waals surface area contributed by atoms with Gasteiger partial charge in [-0.2, -0.15) is 0 Å². The second-order valence-electron chi connectivity index (χ2n) is 19.5. The van der Waals surface area contributed by atoms with Gasteiger partial charge in [-0.25, -0.2) is 0 Å². The van der Waals surface area contributed by atoms with Crippen LogP contribution in [-0.2, 0) is 0 Å². The maximum absolute atomic E-state index is 14.1. The van der Waals surface area contributed by atoms with E-state index in [1.54, 1.807) is 0 Å². The molecule has 6 heteroatoms. The maximum atomic E-state index is 14.1. The number of benzene rings is 4. The number of ether oxygens (including phenoxy) is 3. The topological polar surface area (TPSA) is 56.8 Å². The Morgan fingerprint density at radius 1 is 0.394 bits per heavy atom. The molecule has 1 amide bonds. The van der Waals surface area contributed by atoms with Crippen molar-refractivity contribution in [3.8, 4) is 40.9 Å². The fourth-order valence-corrected chi connectivity index (χ4v) is 8.83. The van der Waals surface area contributed by atoms with Gasteiger partial charge in [0.1, 0.15) is 0 Å². The van der Waals surface area contributed by atoms with E-state index in [0.29, 0.717) is 48.3 Å². The number of hydrogen-bond donors (Lipinski definition) is 2. The van der Waals surface area contributed by atoms with Crippen molar-refractivity contribution in [1.29, 1.82) is 0 Å². The summed E-state index contributed by atoms with van der Waals surface area (Å²) in [5.41, 5.74) is 4.81. The van der Waals surface area contributed by atoms with E-state index in [4.69, 9.17) is 14.2 Å². The van der Waals surface area contributed by atoms with Crippen LogP contribution in [-0.4, -0.2) is 25.7 Å². The molecule has 0 spiro atoms. The number of amides is 1. The summed E-state index contributed by atoms with van der Waals surface area (Å²) < 4.78 is 19.7. The zero-order valence-electron chi connectivity index (χ0n) is 44.5. The molecule has 0 saturated carbocycles. The minimum Gasteiger partial charge on any atom is -0.490 e. The van der Waals surface area contributed by atoms with E-state index in [1.807, 2.05) is 84.9 Å². The average molecular weight is 983 g/mol. The lowest BCUT2D eigenvalue weighted by Gasteiger charge is -2.19. The van der Waals surface area contributed by atoms with Crippen molar-refractivity contribution in [2.24, 2.45) is 0 Å². The molecule has 4 aromatic carbocycles. The van der Waals surface area contributed by atoms with Crippen molar-refractivity contribution in [1.82, 2.24) is 0 Å². The molecule has 0 heterocycles. The third-order valence-corrected chi connectivity index (χ3v) is 13.4. The van der Waals surface area contributed by atoms with Gasteiger partial charge in [-0.05, 0) is 104 Å². The first-order valence-corrected chi connectivity index (χ1v) is 28.8. The van der Waals surface area contributed by atoms with E-state index in [1.165, 1.54) is 154 Å². The van der Waals surface area contributed by atoms with Crippen LogP contribution in [0.4, 0.5) is 5.69 Å². The van der Waals surface area contributed by atoms with Crippen LogP contribution in [0.2, 0.25) is 0 Å². The van der Waals surface area contributed by atoms with Gasteiger partial charge in [0.2, 0.25) is 5.75 Å². The number of thiol groups is 1. The van der Waals surface area contributed by atoms with Gasteiger partial charge < -0.3 is 19.5 Å². The summed E-state index contributed by atoms with van der Waals surface area (Å²) in [7, 11) is 0. The lowest BCUT2D eigenvalue weighted by molar-refractivity contribution is 0.102. The lowest BCUT2D eigenvalue weighted by Crippen LogP contribution is -2.14. The quantitative estimate of drug-likeness (QED) is 0.0267. The molecule has 4 aromatic rings. The van der Waals surface area contributed by atoms with E-state index in [9.17, 15) is 4.79 Å². The second kappa shape index (κ2) is 38.8. The molecular weight excluding hydrogens is 891 g/mol. The van der Waals surface area contributed by atoms with Crippen molar-refractivity contribution in [2.45, 2.75) is 218 Å². The smallest absolute Gasteiger partial charge is 0.255 e. The third kappa shape index (κ3) is 27.0. The highest BCUT2D eigenvalue weighted by atomic mass is 32.1. The first-order valence-electron chi connectivity index (χ1n) is 28.4. The molecule has 386 valence electrons. The van der Waals surface area contributed by atoms with Gasteiger partial charge in [-0.1, -0.05) is 218 Å². The largest absolute Gasteiger partial charge is 0.490 e. The number of nitrogens with one attached hydrogen (secondary N) is 1. The predicted molar refractivity (Wildman–Crippen MR) is 305 cm³/mol. The summed E-state index contributed by atoms with van der Waals surface area (Å²) in [4.78, 5) is 15.0. The first-order chi connectivity index (χ1) is 35.0. The summed E-state index contributed by atoms with van der Waals surface area (Å²) in [5.74, 6) is 14.5. The Hall–Kier alpha value is -4.78. The summed E-state index contributed by atoms with van der Waals surface area (Å²) in [5, 5.41) is 3.12. The van der Waals surface area contributed by atoms with Crippen LogP contribution in [0.25, 0.3) is 0 Å². The average Bonchev–Trinajstić information content (AvgIpc) is 3.39. The molecule has 0 aromatic heterocycles. The number of carbonyl (C=O) groups excluding carboxylic acids is 1. The zero-order chi connectivity index (χ0) is 50.2. The number of unbranched alkanes of at least 4 members (excludes halogenated alkanes) is 27. The maximum Gasteiger partial charge on any atom is 0.255 e. The molecule has 5 nitrogen and oxygen atoms in total. The van der Waals surface area contributed by atoms with Crippen molar-refractivity contribution in [3.63, 3.8) is 0 Å². The first kappa shape index (κ1) is 58.8. The normalized spacial score (nSPS) is 10.8. The Kier molecular flexibility index (Phi) is 32.2. The van der Waals surface area contributed by atoms with Gasteiger partial charge in [-0.3, -0.25) is 4.79 Å². The van der Waals surface area contributed by atoms with Crippen LogP contribution >= 0.6 is 12.6 Å². The molecule has 0 unspecified atom stereocenters. The van der Waals surface area contributed by atoms with Crippen LogP contribution in [0.15, 0.2) is 89.8 Å². The van der Waals surface area contributed by atoms with Gasteiger partial charge in [-0.15, -0.1) is 12.6 Å². The predicted octanol–water partition coefficient (Wildman–Crippen LogP) is 18.9. The van der Waals surface area contributed by atoms with Crippen molar-refractivity contribution in [2.75, 3.05) is 25.1 Å². The van der Waals surface area contributed by atoms with Crippen molar-refractivity contribution < 1.29 is 19.0 Å². The van der Waals surface area contributed by atoms with Crippen molar-refractivity contribution in [3.05, 3.63) is 113 Å². The van der Waals surface area contributed by atoms with E-state index < -0.39 is 0 Å². The molecule has 71 heavy (non-hydrogen) atoms. The van der Waals surface area contributed by atoms with Crippen LogP contribution in [0.5, 0.6) is 17.2 Å². The fourth-order valence-electron chi connectivity index (χ4n) is 8.68. The van der Waals surface area contributed by atoms with Gasteiger partial charge >= 0.3 is 0 Å². The highest BCUT2D eigenvalue weighted by Crippen LogP contribution is 2.40. The molecule has 0 aliphatic heterocycles. The third-order valence-electron chi connectivity index (χ3n) is 13.1. The van der Waals surface area contributed by atoms with Crippen LogP contribution in [0, 0.1) is 23.7 Å².